The molecule has 0 spiro atoms. The highest BCUT2D eigenvalue weighted by Gasteiger charge is 2.21. The molecule has 0 bridgehead atoms. The third-order valence-electron chi connectivity index (χ3n) is 4.01. The van der Waals surface area contributed by atoms with Gasteiger partial charge >= 0.3 is 0 Å². The molecule has 1 aliphatic rings. The van der Waals surface area contributed by atoms with Crippen molar-refractivity contribution in [2.24, 2.45) is 23.7 Å². The lowest BCUT2D eigenvalue weighted by atomic mass is 9.72. The summed E-state index contributed by atoms with van der Waals surface area (Å²) in [5.74, 6) is 2.78. The lowest BCUT2D eigenvalue weighted by Gasteiger charge is -2.40. The van der Waals surface area contributed by atoms with E-state index in [1.165, 1.54) is 6.42 Å². The summed E-state index contributed by atoms with van der Waals surface area (Å²) in [6, 6.07) is 0. The number of hydrogen-bond acceptors (Lipinski definition) is 0. The zero-order valence-electron chi connectivity index (χ0n) is 12.7. The lowest BCUT2D eigenvalue weighted by molar-refractivity contribution is 0.416. The van der Waals surface area contributed by atoms with Crippen molar-refractivity contribution >= 4 is 0 Å². The number of allylic oxidation sites excluding steroid dienone is 4. The fraction of sp³-hybridized carbons (Fsp3) is 0.706. The van der Waals surface area contributed by atoms with Crippen molar-refractivity contribution in [1.29, 1.82) is 0 Å². The van der Waals surface area contributed by atoms with Crippen LogP contribution in [0.1, 0.15) is 54.9 Å². The van der Waals surface area contributed by atoms with Crippen LogP contribution in [0.25, 0.3) is 0 Å². The molecule has 17 heavy (non-hydrogen) atoms. The fourth-order valence-electron chi connectivity index (χ4n) is 2.80. The minimum absolute atomic E-state index is 0.636. The summed E-state index contributed by atoms with van der Waals surface area (Å²) in [6.07, 6.45) is 6.07. The molecular formula is C17H29-. The maximum Gasteiger partial charge on any atom is -0.0272 e. The van der Waals surface area contributed by atoms with Crippen LogP contribution < -0.4 is 0 Å². The summed E-state index contributed by atoms with van der Waals surface area (Å²) in [5, 5.41) is 0. The SMILES string of the molecule is C[CH-]C1=C(C(C)C)C=C(C(C)C)CC1C(C)C. The van der Waals surface area contributed by atoms with E-state index < -0.39 is 0 Å². The van der Waals surface area contributed by atoms with E-state index in [-0.39, 0.29) is 0 Å². The molecule has 0 amide bonds. The van der Waals surface area contributed by atoms with E-state index in [2.05, 4.69) is 61.0 Å². The van der Waals surface area contributed by atoms with E-state index in [1.54, 1.807) is 16.7 Å². The Kier molecular flexibility index (Phi) is 4.91. The smallest absolute Gasteiger partial charge is 0.0272 e. The van der Waals surface area contributed by atoms with Crippen LogP contribution in [0, 0.1) is 30.1 Å². The molecule has 0 aromatic carbocycles. The predicted molar refractivity (Wildman–Crippen MR) is 77.7 cm³/mol. The van der Waals surface area contributed by atoms with Crippen LogP contribution in [0.15, 0.2) is 22.8 Å². The highest BCUT2D eigenvalue weighted by molar-refractivity contribution is 5.40. The van der Waals surface area contributed by atoms with Gasteiger partial charge in [-0.3, -0.25) is 0 Å². The number of hydrogen-bond donors (Lipinski definition) is 0. The highest BCUT2D eigenvalue weighted by atomic mass is 14.3. The molecule has 0 radical (unpaired) electrons. The average Bonchev–Trinajstić information content (AvgIpc) is 2.26. The topological polar surface area (TPSA) is 0 Å². The molecule has 0 aromatic rings. The van der Waals surface area contributed by atoms with Gasteiger partial charge in [-0.05, 0) is 24.2 Å². The maximum atomic E-state index is 2.48. The van der Waals surface area contributed by atoms with Crippen molar-refractivity contribution in [3.05, 3.63) is 29.2 Å². The standard InChI is InChI=1S/C17H29/c1-8-15-16(12(4)5)9-14(11(2)3)10-17(15)13(6)7/h8-9,11-13,17H,10H2,1-7H3/q-1. The molecule has 1 unspecified atom stereocenters. The summed E-state index contributed by atoms with van der Waals surface area (Å²) in [6.45, 7) is 16.2. The first-order valence-corrected chi connectivity index (χ1v) is 7.12. The van der Waals surface area contributed by atoms with E-state index in [0.29, 0.717) is 11.8 Å². The van der Waals surface area contributed by atoms with Crippen LogP contribution in [-0.2, 0) is 0 Å². The molecule has 0 heteroatoms. The molecule has 0 N–H and O–H groups in total. The van der Waals surface area contributed by atoms with Crippen LogP contribution in [0.4, 0.5) is 0 Å². The third-order valence-corrected chi connectivity index (χ3v) is 4.01. The number of rotatable bonds is 4. The van der Waals surface area contributed by atoms with E-state index >= 15 is 0 Å². The monoisotopic (exact) mass is 233 g/mol. The minimum Gasteiger partial charge on any atom is -0.229 e. The van der Waals surface area contributed by atoms with Gasteiger partial charge in [0.15, 0.2) is 0 Å². The molecule has 0 heterocycles. The molecule has 1 rings (SSSR count). The molecule has 1 atom stereocenters. The second-order valence-electron chi connectivity index (χ2n) is 6.28. The van der Waals surface area contributed by atoms with Crippen molar-refractivity contribution in [2.45, 2.75) is 54.9 Å². The van der Waals surface area contributed by atoms with Gasteiger partial charge in [0.05, 0.1) is 0 Å². The highest BCUT2D eigenvalue weighted by Crippen LogP contribution is 2.40. The first kappa shape index (κ1) is 14.4. The van der Waals surface area contributed by atoms with Crippen molar-refractivity contribution in [2.75, 3.05) is 0 Å². The van der Waals surface area contributed by atoms with E-state index in [9.17, 15) is 0 Å². The Balaban J connectivity index is 3.20. The summed E-state index contributed by atoms with van der Waals surface area (Å²) < 4.78 is 0. The van der Waals surface area contributed by atoms with E-state index in [4.69, 9.17) is 0 Å². The Labute approximate surface area is 108 Å². The Hall–Kier alpha value is -0.650. The quantitative estimate of drug-likeness (QED) is 0.569. The van der Waals surface area contributed by atoms with Gasteiger partial charge in [0, 0.05) is 0 Å². The summed E-state index contributed by atoms with van der Waals surface area (Å²) >= 11 is 0. The molecule has 0 aromatic heterocycles. The van der Waals surface area contributed by atoms with Crippen molar-refractivity contribution in [3.8, 4) is 0 Å². The molecule has 0 saturated carbocycles. The van der Waals surface area contributed by atoms with Gasteiger partial charge in [-0.25, -0.2) is 12.0 Å². The van der Waals surface area contributed by atoms with Gasteiger partial charge in [-0.15, -0.1) is 13.0 Å². The zero-order chi connectivity index (χ0) is 13.2. The largest absolute Gasteiger partial charge is 0.229 e. The van der Waals surface area contributed by atoms with Crippen LogP contribution in [-0.4, -0.2) is 0 Å². The molecule has 0 saturated heterocycles. The van der Waals surface area contributed by atoms with Gasteiger partial charge in [0.1, 0.15) is 0 Å². The van der Waals surface area contributed by atoms with E-state index in [0.717, 1.165) is 11.8 Å². The Morgan fingerprint density at radius 2 is 1.65 bits per heavy atom. The Bertz CT molecular complexity index is 313. The molecular weight excluding hydrogens is 204 g/mol. The molecule has 0 fully saturated rings. The molecule has 0 aliphatic heterocycles. The normalized spacial score (nSPS) is 21.5. The van der Waals surface area contributed by atoms with Gasteiger partial charge in [0.2, 0.25) is 0 Å². The van der Waals surface area contributed by atoms with Gasteiger partial charge in [0.25, 0.3) is 0 Å². The fourth-order valence-corrected chi connectivity index (χ4v) is 2.80. The van der Waals surface area contributed by atoms with Gasteiger partial charge in [-0.2, -0.15) is 5.57 Å². The van der Waals surface area contributed by atoms with Crippen molar-refractivity contribution in [3.63, 3.8) is 0 Å². The second-order valence-corrected chi connectivity index (χ2v) is 6.28. The minimum atomic E-state index is 0.636. The van der Waals surface area contributed by atoms with Crippen LogP contribution in [0.5, 0.6) is 0 Å². The summed E-state index contributed by atoms with van der Waals surface area (Å²) in [7, 11) is 0. The van der Waals surface area contributed by atoms with Gasteiger partial charge < -0.3 is 0 Å². The molecule has 1 aliphatic carbocycles. The van der Waals surface area contributed by atoms with Crippen molar-refractivity contribution in [1.82, 2.24) is 0 Å². The van der Waals surface area contributed by atoms with Gasteiger partial charge in [-0.1, -0.05) is 53.0 Å². The molecule has 0 nitrogen and oxygen atoms in total. The van der Waals surface area contributed by atoms with Crippen molar-refractivity contribution < 1.29 is 0 Å². The lowest BCUT2D eigenvalue weighted by Crippen LogP contribution is -2.21. The first-order valence-electron chi connectivity index (χ1n) is 7.12. The predicted octanol–water partition coefficient (Wildman–Crippen LogP) is 5.42. The summed E-state index contributed by atoms with van der Waals surface area (Å²) in [4.78, 5) is 0. The Morgan fingerprint density at radius 3 is 2.00 bits per heavy atom. The van der Waals surface area contributed by atoms with Crippen LogP contribution >= 0.6 is 0 Å². The Morgan fingerprint density at radius 1 is 1.06 bits per heavy atom. The average molecular weight is 233 g/mol. The summed E-state index contributed by atoms with van der Waals surface area (Å²) in [5.41, 5.74) is 4.80. The zero-order valence-corrected chi connectivity index (χ0v) is 12.7. The first-order chi connectivity index (χ1) is 7.88. The molecule has 98 valence electrons. The van der Waals surface area contributed by atoms with Crippen LogP contribution in [0.2, 0.25) is 0 Å². The maximum absolute atomic E-state index is 2.48. The van der Waals surface area contributed by atoms with E-state index in [1.807, 2.05) is 0 Å². The third kappa shape index (κ3) is 3.18. The van der Waals surface area contributed by atoms with Crippen LogP contribution in [0.3, 0.4) is 0 Å². The second kappa shape index (κ2) is 5.80.